The number of aryl methyl sites for hydroxylation is 2. The maximum absolute atomic E-state index is 12.3. The molecule has 232 valence electrons. The zero-order valence-electron chi connectivity index (χ0n) is 25.6. The molecule has 44 heavy (non-hydrogen) atoms. The SMILES string of the molecule is COc1ccc2[nH]c3c(C)c4cc[n+]([C@@H]5O[C@H](COC(C)=O)[C@@H](OC(C)=O)[C@H](OC(C)=O)[C@H]5OC(C)=O)cc4c(C)c3c2c1. The molecule has 0 bridgehead atoms. The van der Waals surface area contributed by atoms with Crippen molar-refractivity contribution in [1.82, 2.24) is 4.98 Å². The Morgan fingerprint density at radius 2 is 1.48 bits per heavy atom. The molecule has 2 aromatic carbocycles. The Morgan fingerprint density at radius 1 is 0.818 bits per heavy atom. The topological polar surface area (TPSA) is 143 Å². The van der Waals surface area contributed by atoms with Crippen molar-refractivity contribution in [3.63, 3.8) is 0 Å². The molecule has 2 aromatic heterocycles. The average molecular weight is 608 g/mol. The molecule has 0 amide bonds. The molecule has 1 saturated heterocycles. The predicted molar refractivity (Wildman–Crippen MR) is 157 cm³/mol. The van der Waals surface area contributed by atoms with E-state index in [1.165, 1.54) is 27.7 Å². The van der Waals surface area contributed by atoms with E-state index >= 15 is 0 Å². The maximum Gasteiger partial charge on any atom is 0.304 e. The number of hydrogen-bond donors (Lipinski definition) is 1. The van der Waals surface area contributed by atoms with Gasteiger partial charge in [-0.3, -0.25) is 19.2 Å². The summed E-state index contributed by atoms with van der Waals surface area (Å²) in [4.78, 5) is 51.9. The molecular formula is C32H35N2O10+. The summed E-state index contributed by atoms with van der Waals surface area (Å²) in [5, 5.41) is 3.91. The molecule has 0 aliphatic carbocycles. The first-order valence-corrected chi connectivity index (χ1v) is 14.1. The summed E-state index contributed by atoms with van der Waals surface area (Å²) in [6, 6.07) is 7.80. The van der Waals surface area contributed by atoms with E-state index < -0.39 is 54.5 Å². The van der Waals surface area contributed by atoms with Crippen LogP contribution in [0.15, 0.2) is 36.7 Å². The summed E-state index contributed by atoms with van der Waals surface area (Å²) in [5.74, 6) is -1.89. The zero-order chi connectivity index (χ0) is 31.9. The monoisotopic (exact) mass is 607 g/mol. The third-order valence-corrected chi connectivity index (χ3v) is 7.81. The zero-order valence-corrected chi connectivity index (χ0v) is 25.6. The van der Waals surface area contributed by atoms with E-state index in [1.54, 1.807) is 17.9 Å². The van der Waals surface area contributed by atoms with Gasteiger partial charge in [-0.05, 0) is 48.6 Å². The molecule has 4 aromatic rings. The van der Waals surface area contributed by atoms with E-state index in [-0.39, 0.29) is 6.61 Å². The molecule has 0 unspecified atom stereocenters. The van der Waals surface area contributed by atoms with Gasteiger partial charge in [0.15, 0.2) is 24.6 Å². The van der Waals surface area contributed by atoms with Crippen LogP contribution in [0.3, 0.4) is 0 Å². The molecule has 5 rings (SSSR count). The molecule has 0 spiro atoms. The van der Waals surface area contributed by atoms with E-state index in [4.69, 9.17) is 28.4 Å². The van der Waals surface area contributed by atoms with Crippen molar-refractivity contribution in [2.45, 2.75) is 72.2 Å². The second kappa shape index (κ2) is 12.1. The van der Waals surface area contributed by atoms with Gasteiger partial charge in [0.05, 0.1) is 12.6 Å². The van der Waals surface area contributed by atoms with Crippen molar-refractivity contribution >= 4 is 56.5 Å². The normalized spacial score (nSPS) is 21.7. The highest BCUT2D eigenvalue weighted by Gasteiger charge is 2.56. The first-order valence-electron chi connectivity index (χ1n) is 14.1. The van der Waals surface area contributed by atoms with Crippen LogP contribution in [-0.2, 0) is 42.9 Å². The van der Waals surface area contributed by atoms with Crippen molar-refractivity contribution in [2.75, 3.05) is 13.7 Å². The van der Waals surface area contributed by atoms with Crippen molar-refractivity contribution in [3.05, 3.63) is 47.8 Å². The van der Waals surface area contributed by atoms with Gasteiger partial charge in [0.2, 0.25) is 6.10 Å². The summed E-state index contributed by atoms with van der Waals surface area (Å²) in [7, 11) is 1.62. The highest BCUT2D eigenvalue weighted by atomic mass is 16.7. The smallest absolute Gasteiger partial charge is 0.304 e. The average Bonchev–Trinajstić information content (AvgIpc) is 3.35. The van der Waals surface area contributed by atoms with Crippen LogP contribution in [0.4, 0.5) is 0 Å². The van der Waals surface area contributed by atoms with Crippen LogP contribution >= 0.6 is 0 Å². The van der Waals surface area contributed by atoms with Gasteiger partial charge < -0.3 is 33.4 Å². The molecule has 1 fully saturated rings. The van der Waals surface area contributed by atoms with Gasteiger partial charge in [-0.25, -0.2) is 0 Å². The lowest BCUT2D eigenvalue weighted by atomic mass is 9.95. The van der Waals surface area contributed by atoms with Crippen LogP contribution in [0.5, 0.6) is 5.75 Å². The van der Waals surface area contributed by atoms with Gasteiger partial charge in [-0.15, -0.1) is 0 Å². The number of nitrogens with one attached hydrogen (secondary N) is 1. The number of rotatable bonds is 7. The summed E-state index contributed by atoms with van der Waals surface area (Å²) < 4.78 is 35.6. The standard InChI is InChI=1S/C32H34N2O10/c1-15-24-13-34(11-10-22(24)16(2)28-27(15)23-12-21(39-7)8-9-25(23)33-28)32-31(43-20(6)38)30(42-19(5)37)29(41-18(4)36)26(44-32)14-40-17(3)35/h8-13,26,29-32H,14H2,1-7H3/p+1/t26-,29-,30+,31-,32-/m1/s1. The third kappa shape index (κ3) is 5.77. The number of aromatic amines is 1. The lowest BCUT2D eigenvalue weighted by Gasteiger charge is -2.41. The number of carbonyl (C=O) groups excluding carboxylic acids is 4. The molecule has 3 heterocycles. The molecule has 0 radical (unpaired) electrons. The van der Waals surface area contributed by atoms with Crippen LogP contribution in [0, 0.1) is 13.8 Å². The fourth-order valence-electron chi connectivity index (χ4n) is 5.98. The molecule has 12 heteroatoms. The summed E-state index contributed by atoms with van der Waals surface area (Å²) in [6.07, 6.45) is -2.20. The fourth-order valence-corrected chi connectivity index (χ4v) is 5.98. The largest absolute Gasteiger partial charge is 0.497 e. The number of H-pyrrole nitrogens is 1. The first-order chi connectivity index (χ1) is 20.9. The van der Waals surface area contributed by atoms with E-state index in [2.05, 4.69) is 4.98 Å². The number of hydrogen-bond acceptors (Lipinski definition) is 10. The number of fused-ring (bicyclic) bond motifs is 4. The molecule has 1 N–H and O–H groups in total. The molecular weight excluding hydrogens is 572 g/mol. The fraction of sp³-hybridized carbons (Fsp3) is 0.406. The minimum atomic E-state index is -1.27. The van der Waals surface area contributed by atoms with Crippen molar-refractivity contribution in [1.29, 1.82) is 0 Å². The Kier molecular flexibility index (Phi) is 8.46. The number of pyridine rings is 1. The number of nitrogens with zero attached hydrogens (tertiary/aromatic N) is 1. The first kappa shape index (κ1) is 30.7. The maximum atomic E-state index is 12.3. The predicted octanol–water partition coefficient (Wildman–Crippen LogP) is 3.64. The Labute approximate surface area is 253 Å². The molecule has 0 saturated carbocycles. The number of benzene rings is 2. The second-order valence-electron chi connectivity index (χ2n) is 10.8. The Balaban J connectivity index is 1.69. The highest BCUT2D eigenvalue weighted by Crippen LogP contribution is 2.38. The van der Waals surface area contributed by atoms with Gasteiger partial charge >= 0.3 is 30.1 Å². The van der Waals surface area contributed by atoms with Crippen LogP contribution in [-0.4, -0.2) is 67.0 Å². The van der Waals surface area contributed by atoms with E-state index in [9.17, 15) is 19.2 Å². The quantitative estimate of drug-likeness (QED) is 0.188. The van der Waals surface area contributed by atoms with Crippen molar-refractivity contribution in [3.8, 4) is 5.75 Å². The van der Waals surface area contributed by atoms with E-state index in [0.29, 0.717) is 0 Å². The second-order valence-corrected chi connectivity index (χ2v) is 10.8. The molecule has 5 atom stereocenters. The van der Waals surface area contributed by atoms with Gasteiger partial charge in [0, 0.05) is 55.4 Å². The van der Waals surface area contributed by atoms with Gasteiger partial charge in [-0.2, -0.15) is 4.57 Å². The number of methoxy groups -OCH3 is 1. The Hall–Kier alpha value is -4.71. The molecule has 1 aliphatic heterocycles. The Bertz CT molecular complexity index is 1790. The summed E-state index contributed by atoms with van der Waals surface area (Å²) in [6.45, 7) is 8.58. The van der Waals surface area contributed by atoms with Crippen molar-refractivity contribution < 1.29 is 52.2 Å². The molecule has 12 nitrogen and oxygen atoms in total. The number of carbonyl (C=O) groups is 4. The van der Waals surface area contributed by atoms with Crippen molar-refractivity contribution in [2.24, 2.45) is 0 Å². The van der Waals surface area contributed by atoms with E-state index in [1.807, 2.05) is 44.3 Å². The van der Waals surface area contributed by atoms with Gasteiger partial charge in [0.1, 0.15) is 18.5 Å². The highest BCUT2D eigenvalue weighted by molar-refractivity contribution is 6.16. The molecule has 1 aliphatic rings. The lowest BCUT2D eigenvalue weighted by molar-refractivity contribution is -0.776. The Morgan fingerprint density at radius 3 is 2.11 bits per heavy atom. The van der Waals surface area contributed by atoms with Gasteiger partial charge in [-0.1, -0.05) is 0 Å². The minimum absolute atomic E-state index is 0.307. The van der Waals surface area contributed by atoms with Crippen LogP contribution in [0.1, 0.15) is 45.0 Å². The lowest BCUT2D eigenvalue weighted by Crippen LogP contribution is -2.65. The van der Waals surface area contributed by atoms with Crippen LogP contribution in [0.2, 0.25) is 0 Å². The number of esters is 4. The summed E-state index contributed by atoms with van der Waals surface area (Å²) in [5.41, 5.74) is 3.99. The number of aromatic nitrogens is 2. The van der Waals surface area contributed by atoms with Gasteiger partial charge in [0.25, 0.3) is 0 Å². The summed E-state index contributed by atoms with van der Waals surface area (Å²) >= 11 is 0. The third-order valence-electron chi connectivity index (χ3n) is 7.81. The van der Waals surface area contributed by atoms with E-state index in [0.717, 1.165) is 49.5 Å². The van der Waals surface area contributed by atoms with Crippen LogP contribution < -0.4 is 9.30 Å². The van der Waals surface area contributed by atoms with Crippen LogP contribution in [0.25, 0.3) is 32.6 Å². The minimum Gasteiger partial charge on any atom is -0.497 e. The number of ether oxygens (including phenoxy) is 6.